The molecule has 0 heterocycles. The van der Waals surface area contributed by atoms with E-state index in [1.165, 1.54) is 64.2 Å². The normalized spacial score (nSPS) is 26.6. The number of rotatable bonds is 3. The first-order chi connectivity index (χ1) is 8.67. The predicted molar refractivity (Wildman–Crippen MR) is 78.6 cm³/mol. The Labute approximate surface area is 113 Å². The second kappa shape index (κ2) is 6.21. The highest BCUT2D eigenvalue weighted by Gasteiger charge is 2.42. The lowest BCUT2D eigenvalue weighted by Crippen LogP contribution is -2.56. The van der Waals surface area contributed by atoms with Crippen LogP contribution in [0.2, 0.25) is 0 Å². The van der Waals surface area contributed by atoms with Gasteiger partial charge in [-0.05, 0) is 52.6 Å². The fourth-order valence-electron chi connectivity index (χ4n) is 3.87. The Kier molecular flexibility index (Phi) is 4.85. The summed E-state index contributed by atoms with van der Waals surface area (Å²) in [5.74, 6) is 0. The number of nitrogens with two attached hydrogens (primary N) is 1. The summed E-state index contributed by atoms with van der Waals surface area (Å²) in [6, 6.07) is 0.257. The lowest BCUT2D eigenvalue weighted by atomic mass is 9.80. The molecule has 0 amide bonds. The van der Waals surface area contributed by atoms with Crippen LogP contribution in [0.3, 0.4) is 0 Å². The van der Waals surface area contributed by atoms with E-state index >= 15 is 0 Å². The lowest BCUT2D eigenvalue weighted by Gasteiger charge is -2.43. The Morgan fingerprint density at radius 1 is 1.06 bits per heavy atom. The molecule has 2 aliphatic rings. The van der Waals surface area contributed by atoms with Crippen LogP contribution in [0.1, 0.15) is 64.2 Å². The Hall–Kier alpha value is -0.340. The molecule has 2 heteroatoms. The van der Waals surface area contributed by atoms with Gasteiger partial charge in [0.05, 0.1) is 0 Å². The van der Waals surface area contributed by atoms with Crippen LogP contribution in [0.25, 0.3) is 0 Å². The Morgan fingerprint density at radius 3 is 2.39 bits per heavy atom. The van der Waals surface area contributed by atoms with E-state index in [1.54, 1.807) is 5.57 Å². The van der Waals surface area contributed by atoms with Gasteiger partial charge >= 0.3 is 0 Å². The van der Waals surface area contributed by atoms with Crippen LogP contribution in [0.5, 0.6) is 0 Å². The molecule has 1 unspecified atom stereocenters. The third-order valence-corrected chi connectivity index (χ3v) is 5.16. The van der Waals surface area contributed by atoms with Gasteiger partial charge in [-0.2, -0.15) is 0 Å². The van der Waals surface area contributed by atoms with Crippen molar-refractivity contribution >= 4 is 0 Å². The number of allylic oxidation sites excluding steroid dienone is 1. The first-order valence-electron chi connectivity index (χ1n) is 7.79. The maximum atomic E-state index is 6.70. The van der Waals surface area contributed by atoms with E-state index in [0.717, 1.165) is 0 Å². The van der Waals surface area contributed by atoms with E-state index in [9.17, 15) is 0 Å². The average Bonchev–Trinajstić information content (AvgIpc) is 2.77. The summed E-state index contributed by atoms with van der Waals surface area (Å²) in [6.45, 7) is 0. The SMILES string of the molecule is CN(C)C1(C(N)C2=CCCCCCC2)CCCC1. The second-order valence-electron chi connectivity index (χ2n) is 6.41. The van der Waals surface area contributed by atoms with Gasteiger partial charge in [0.1, 0.15) is 0 Å². The Bertz CT molecular complexity index is 287. The summed E-state index contributed by atoms with van der Waals surface area (Å²) in [5.41, 5.74) is 8.49. The minimum absolute atomic E-state index is 0.241. The van der Waals surface area contributed by atoms with E-state index in [1.807, 2.05) is 0 Å². The van der Waals surface area contributed by atoms with E-state index in [-0.39, 0.29) is 11.6 Å². The van der Waals surface area contributed by atoms with Crippen LogP contribution < -0.4 is 5.73 Å². The molecule has 0 aromatic rings. The topological polar surface area (TPSA) is 29.3 Å². The summed E-state index contributed by atoms with van der Waals surface area (Å²) in [4.78, 5) is 2.41. The Morgan fingerprint density at radius 2 is 1.72 bits per heavy atom. The third kappa shape index (κ3) is 2.80. The molecule has 1 atom stereocenters. The molecule has 2 nitrogen and oxygen atoms in total. The molecule has 1 fully saturated rings. The van der Waals surface area contributed by atoms with Crippen LogP contribution in [0.15, 0.2) is 11.6 Å². The standard InChI is InChI=1S/C16H30N2/c1-18(2)16(12-8-9-13-16)15(17)14-10-6-4-3-5-7-11-14/h10,15H,3-9,11-13,17H2,1-2H3. The van der Waals surface area contributed by atoms with Gasteiger partial charge in [-0.15, -0.1) is 0 Å². The van der Waals surface area contributed by atoms with Gasteiger partial charge in [-0.3, -0.25) is 0 Å². The molecule has 1 saturated carbocycles. The monoisotopic (exact) mass is 250 g/mol. The van der Waals surface area contributed by atoms with Gasteiger partial charge in [0.2, 0.25) is 0 Å². The highest BCUT2D eigenvalue weighted by Crippen LogP contribution is 2.39. The molecule has 0 aromatic heterocycles. The minimum atomic E-state index is 0.241. The highest BCUT2D eigenvalue weighted by atomic mass is 15.2. The van der Waals surface area contributed by atoms with Crippen molar-refractivity contribution in [3.05, 3.63) is 11.6 Å². The van der Waals surface area contributed by atoms with Crippen molar-refractivity contribution in [1.82, 2.24) is 4.90 Å². The fraction of sp³-hybridized carbons (Fsp3) is 0.875. The van der Waals surface area contributed by atoms with Crippen LogP contribution in [-0.4, -0.2) is 30.6 Å². The number of likely N-dealkylation sites (N-methyl/N-ethyl adjacent to an activating group) is 1. The van der Waals surface area contributed by atoms with Gasteiger partial charge in [0.15, 0.2) is 0 Å². The Balaban J connectivity index is 2.14. The molecule has 2 rings (SSSR count). The first kappa shape index (κ1) is 14.1. The largest absolute Gasteiger partial charge is 0.323 e. The lowest BCUT2D eigenvalue weighted by molar-refractivity contribution is 0.135. The molecule has 0 aromatic carbocycles. The van der Waals surface area contributed by atoms with Gasteiger partial charge < -0.3 is 10.6 Å². The van der Waals surface area contributed by atoms with Crippen molar-refractivity contribution < 1.29 is 0 Å². The van der Waals surface area contributed by atoms with Gasteiger partial charge in [-0.1, -0.05) is 37.3 Å². The molecule has 0 saturated heterocycles. The molecule has 0 aliphatic heterocycles. The molecule has 2 aliphatic carbocycles. The van der Waals surface area contributed by atoms with Crippen molar-refractivity contribution in [2.24, 2.45) is 5.73 Å². The van der Waals surface area contributed by atoms with Crippen molar-refractivity contribution in [3.63, 3.8) is 0 Å². The van der Waals surface area contributed by atoms with Crippen molar-refractivity contribution in [3.8, 4) is 0 Å². The smallest absolute Gasteiger partial charge is 0.0441 e. The van der Waals surface area contributed by atoms with E-state index in [4.69, 9.17) is 5.73 Å². The molecule has 0 radical (unpaired) electrons. The molecule has 0 bridgehead atoms. The van der Waals surface area contributed by atoms with Crippen molar-refractivity contribution in [2.45, 2.75) is 75.8 Å². The summed E-state index contributed by atoms with van der Waals surface area (Å²) in [6.07, 6.45) is 15.7. The maximum Gasteiger partial charge on any atom is 0.0441 e. The first-order valence-corrected chi connectivity index (χ1v) is 7.79. The van der Waals surface area contributed by atoms with Crippen LogP contribution in [0.4, 0.5) is 0 Å². The second-order valence-corrected chi connectivity index (χ2v) is 6.41. The van der Waals surface area contributed by atoms with Crippen molar-refractivity contribution in [1.29, 1.82) is 0 Å². The molecule has 0 spiro atoms. The number of hydrogen-bond donors (Lipinski definition) is 1. The zero-order chi connectivity index (χ0) is 13.0. The van der Waals surface area contributed by atoms with Gasteiger partial charge in [0, 0.05) is 11.6 Å². The highest BCUT2D eigenvalue weighted by molar-refractivity contribution is 5.20. The fourth-order valence-corrected chi connectivity index (χ4v) is 3.87. The van der Waals surface area contributed by atoms with E-state index in [0.29, 0.717) is 0 Å². The average molecular weight is 250 g/mol. The maximum absolute atomic E-state index is 6.70. The van der Waals surface area contributed by atoms with Gasteiger partial charge in [-0.25, -0.2) is 0 Å². The predicted octanol–water partition coefficient (Wildman–Crippen LogP) is 3.47. The number of hydrogen-bond acceptors (Lipinski definition) is 2. The van der Waals surface area contributed by atoms with E-state index in [2.05, 4.69) is 25.1 Å². The molecule has 104 valence electrons. The molecule has 18 heavy (non-hydrogen) atoms. The van der Waals surface area contributed by atoms with Crippen LogP contribution in [-0.2, 0) is 0 Å². The minimum Gasteiger partial charge on any atom is -0.323 e. The molecular formula is C16H30N2. The summed E-state index contributed by atoms with van der Waals surface area (Å²) >= 11 is 0. The quantitative estimate of drug-likeness (QED) is 0.777. The van der Waals surface area contributed by atoms with Gasteiger partial charge in [0.25, 0.3) is 0 Å². The summed E-state index contributed by atoms with van der Waals surface area (Å²) in [5, 5.41) is 0. The summed E-state index contributed by atoms with van der Waals surface area (Å²) in [7, 11) is 4.43. The number of nitrogens with zero attached hydrogens (tertiary/aromatic N) is 1. The van der Waals surface area contributed by atoms with Crippen LogP contribution in [0, 0.1) is 0 Å². The van der Waals surface area contributed by atoms with Crippen LogP contribution >= 0.6 is 0 Å². The third-order valence-electron chi connectivity index (χ3n) is 5.16. The van der Waals surface area contributed by atoms with E-state index < -0.39 is 0 Å². The zero-order valence-corrected chi connectivity index (χ0v) is 12.3. The summed E-state index contributed by atoms with van der Waals surface area (Å²) < 4.78 is 0. The molecular weight excluding hydrogens is 220 g/mol. The molecule has 2 N–H and O–H groups in total. The zero-order valence-electron chi connectivity index (χ0n) is 12.3. The van der Waals surface area contributed by atoms with Crippen molar-refractivity contribution in [2.75, 3.05) is 14.1 Å².